The molecule has 0 fully saturated rings. The second-order valence-corrected chi connectivity index (χ2v) is 5.82. The van der Waals surface area contributed by atoms with Gasteiger partial charge >= 0.3 is 5.97 Å². The van der Waals surface area contributed by atoms with Gasteiger partial charge in [-0.05, 0) is 37.6 Å². The number of para-hydroxylation sites is 2. The number of benzene rings is 2. The van der Waals surface area contributed by atoms with Crippen LogP contribution in [0.2, 0.25) is 0 Å². The van der Waals surface area contributed by atoms with Gasteiger partial charge in [-0.15, -0.1) is 0 Å². The second-order valence-electron chi connectivity index (χ2n) is 5.82. The lowest BCUT2D eigenvalue weighted by atomic mass is 10.1. The van der Waals surface area contributed by atoms with Gasteiger partial charge in [0.2, 0.25) is 0 Å². The molecule has 0 radical (unpaired) electrons. The van der Waals surface area contributed by atoms with Crippen molar-refractivity contribution in [1.29, 1.82) is 5.26 Å². The van der Waals surface area contributed by atoms with Gasteiger partial charge in [0, 0.05) is 0 Å². The van der Waals surface area contributed by atoms with Crippen LogP contribution in [0.25, 0.3) is 6.08 Å². The molecule has 0 aliphatic carbocycles. The van der Waals surface area contributed by atoms with E-state index in [4.69, 9.17) is 9.47 Å². The topological polar surface area (TPSA) is 88.4 Å². The van der Waals surface area contributed by atoms with E-state index in [2.05, 4.69) is 5.32 Å². The predicted molar refractivity (Wildman–Crippen MR) is 102 cm³/mol. The molecule has 2 aromatic rings. The van der Waals surface area contributed by atoms with E-state index in [-0.39, 0.29) is 5.57 Å². The summed E-state index contributed by atoms with van der Waals surface area (Å²) in [5.41, 5.74) is 2.04. The Balaban J connectivity index is 2.05. The summed E-state index contributed by atoms with van der Waals surface area (Å²) in [6, 6.07) is 16.0. The number of amides is 1. The quantitative estimate of drug-likeness (QED) is 0.482. The van der Waals surface area contributed by atoms with Crippen molar-refractivity contribution in [3.8, 4) is 11.8 Å². The van der Waals surface area contributed by atoms with Crippen molar-refractivity contribution in [2.75, 3.05) is 12.4 Å². The third-order valence-corrected chi connectivity index (χ3v) is 3.75. The monoisotopic (exact) mass is 364 g/mol. The first-order valence-electron chi connectivity index (χ1n) is 8.28. The maximum absolute atomic E-state index is 12.3. The Hall–Kier alpha value is -3.59. The lowest BCUT2D eigenvalue weighted by molar-refractivity contribution is -0.148. The van der Waals surface area contributed by atoms with Crippen LogP contribution < -0.4 is 10.1 Å². The molecule has 1 atom stereocenters. The smallest absolute Gasteiger partial charge is 0.349 e. The SMILES string of the molecule is COc1ccccc1NC(=O)[C@H](C)OC(=O)/C(C#N)=C/c1ccc(C)cc1. The first-order valence-corrected chi connectivity index (χ1v) is 8.28. The Kier molecular flexibility index (Phi) is 6.73. The van der Waals surface area contributed by atoms with Crippen molar-refractivity contribution in [3.63, 3.8) is 0 Å². The van der Waals surface area contributed by atoms with E-state index in [1.165, 1.54) is 20.1 Å². The van der Waals surface area contributed by atoms with Gasteiger partial charge in [0.1, 0.15) is 17.4 Å². The van der Waals surface area contributed by atoms with Crippen LogP contribution in [0.1, 0.15) is 18.1 Å². The first-order chi connectivity index (χ1) is 12.9. The van der Waals surface area contributed by atoms with Crippen LogP contribution in [0.3, 0.4) is 0 Å². The highest BCUT2D eigenvalue weighted by molar-refractivity contribution is 6.01. The number of methoxy groups -OCH3 is 1. The van der Waals surface area contributed by atoms with Crippen molar-refractivity contribution in [2.45, 2.75) is 20.0 Å². The fraction of sp³-hybridized carbons (Fsp3) is 0.190. The van der Waals surface area contributed by atoms with Crippen molar-refractivity contribution in [1.82, 2.24) is 0 Å². The molecule has 0 aliphatic heterocycles. The van der Waals surface area contributed by atoms with E-state index in [1.807, 2.05) is 25.1 Å². The number of carbonyl (C=O) groups is 2. The molecule has 6 heteroatoms. The van der Waals surface area contributed by atoms with E-state index in [0.29, 0.717) is 17.0 Å². The van der Waals surface area contributed by atoms with E-state index >= 15 is 0 Å². The summed E-state index contributed by atoms with van der Waals surface area (Å²) in [4.78, 5) is 24.5. The molecule has 0 saturated heterocycles. The molecule has 0 bridgehead atoms. The highest BCUT2D eigenvalue weighted by Gasteiger charge is 2.21. The van der Waals surface area contributed by atoms with Crippen LogP contribution in [-0.2, 0) is 14.3 Å². The zero-order valence-corrected chi connectivity index (χ0v) is 15.4. The second kappa shape index (κ2) is 9.20. The maximum Gasteiger partial charge on any atom is 0.349 e. The number of nitriles is 1. The summed E-state index contributed by atoms with van der Waals surface area (Å²) in [5.74, 6) is -0.900. The highest BCUT2D eigenvalue weighted by Crippen LogP contribution is 2.23. The minimum atomic E-state index is -1.09. The fourth-order valence-electron chi connectivity index (χ4n) is 2.23. The molecule has 0 aromatic heterocycles. The van der Waals surface area contributed by atoms with Crippen molar-refractivity contribution < 1.29 is 19.1 Å². The Morgan fingerprint density at radius 2 is 1.81 bits per heavy atom. The number of hydrogen-bond donors (Lipinski definition) is 1. The molecule has 2 aromatic carbocycles. The number of rotatable bonds is 6. The van der Waals surface area contributed by atoms with Crippen molar-refractivity contribution >= 4 is 23.6 Å². The van der Waals surface area contributed by atoms with Gasteiger partial charge in [0.25, 0.3) is 5.91 Å². The Bertz CT molecular complexity index is 895. The van der Waals surface area contributed by atoms with Crippen molar-refractivity contribution in [3.05, 3.63) is 65.2 Å². The van der Waals surface area contributed by atoms with Gasteiger partial charge in [-0.1, -0.05) is 42.0 Å². The Labute approximate surface area is 158 Å². The third-order valence-electron chi connectivity index (χ3n) is 3.75. The standard InChI is InChI=1S/C21H20N2O4/c1-14-8-10-16(11-9-14)12-17(13-22)21(25)27-15(2)20(24)23-18-6-4-5-7-19(18)26-3/h4-12,15H,1-3H3,(H,23,24)/b17-12+/t15-/m0/s1. The Morgan fingerprint density at radius 3 is 2.44 bits per heavy atom. The number of aryl methyl sites for hydroxylation is 1. The lowest BCUT2D eigenvalue weighted by Gasteiger charge is -2.14. The zero-order chi connectivity index (χ0) is 19.8. The molecular formula is C21H20N2O4. The lowest BCUT2D eigenvalue weighted by Crippen LogP contribution is -2.30. The first kappa shape index (κ1) is 19.7. The highest BCUT2D eigenvalue weighted by atomic mass is 16.5. The van der Waals surface area contributed by atoms with Gasteiger partial charge in [0.15, 0.2) is 6.10 Å². The molecule has 6 nitrogen and oxygen atoms in total. The fourth-order valence-corrected chi connectivity index (χ4v) is 2.23. The Morgan fingerprint density at radius 1 is 1.15 bits per heavy atom. The van der Waals surface area contributed by atoms with E-state index in [1.54, 1.807) is 36.4 Å². The summed E-state index contributed by atoms with van der Waals surface area (Å²) in [7, 11) is 1.49. The van der Waals surface area contributed by atoms with E-state index in [0.717, 1.165) is 5.56 Å². The van der Waals surface area contributed by atoms with Crippen LogP contribution >= 0.6 is 0 Å². The number of nitrogens with zero attached hydrogens (tertiary/aromatic N) is 1. The number of esters is 1. The number of anilines is 1. The molecule has 0 spiro atoms. The van der Waals surface area contributed by atoms with Gasteiger partial charge < -0.3 is 14.8 Å². The van der Waals surface area contributed by atoms with E-state index in [9.17, 15) is 14.9 Å². The average molecular weight is 364 g/mol. The van der Waals surface area contributed by atoms with Gasteiger partial charge in [-0.2, -0.15) is 5.26 Å². The molecule has 0 saturated carbocycles. The van der Waals surface area contributed by atoms with Gasteiger partial charge in [-0.3, -0.25) is 4.79 Å². The minimum absolute atomic E-state index is 0.184. The summed E-state index contributed by atoms with van der Waals surface area (Å²) >= 11 is 0. The summed E-state index contributed by atoms with van der Waals surface area (Å²) in [6.45, 7) is 3.37. The summed E-state index contributed by atoms with van der Waals surface area (Å²) in [6.07, 6.45) is 0.337. The molecule has 0 aliphatic rings. The average Bonchev–Trinajstić information content (AvgIpc) is 2.67. The molecule has 27 heavy (non-hydrogen) atoms. The zero-order valence-electron chi connectivity index (χ0n) is 15.4. The summed E-state index contributed by atoms with van der Waals surface area (Å²) < 4.78 is 10.3. The largest absolute Gasteiger partial charge is 0.495 e. The van der Waals surface area contributed by atoms with Crippen LogP contribution in [0, 0.1) is 18.3 Å². The molecule has 2 rings (SSSR count). The van der Waals surface area contributed by atoms with Crippen LogP contribution in [-0.4, -0.2) is 25.1 Å². The number of carbonyl (C=O) groups excluding carboxylic acids is 2. The molecule has 0 unspecified atom stereocenters. The normalized spacial score (nSPS) is 11.9. The molecule has 0 heterocycles. The van der Waals surface area contributed by atoms with E-state index < -0.39 is 18.0 Å². The maximum atomic E-state index is 12.3. The minimum Gasteiger partial charge on any atom is -0.495 e. The van der Waals surface area contributed by atoms with Crippen molar-refractivity contribution in [2.24, 2.45) is 0 Å². The van der Waals surface area contributed by atoms with Gasteiger partial charge in [0.05, 0.1) is 12.8 Å². The number of hydrogen-bond acceptors (Lipinski definition) is 5. The number of nitrogens with one attached hydrogen (secondary N) is 1. The molecular weight excluding hydrogens is 344 g/mol. The van der Waals surface area contributed by atoms with Crippen LogP contribution in [0.4, 0.5) is 5.69 Å². The molecule has 1 N–H and O–H groups in total. The van der Waals surface area contributed by atoms with Crippen LogP contribution in [0.15, 0.2) is 54.1 Å². The summed E-state index contributed by atoms with van der Waals surface area (Å²) in [5, 5.41) is 11.9. The van der Waals surface area contributed by atoms with Gasteiger partial charge in [-0.25, -0.2) is 4.79 Å². The third kappa shape index (κ3) is 5.44. The number of ether oxygens (including phenoxy) is 2. The molecule has 1 amide bonds. The predicted octanol–water partition coefficient (Wildman–Crippen LogP) is 3.48. The molecule has 138 valence electrons. The van der Waals surface area contributed by atoms with Crippen LogP contribution in [0.5, 0.6) is 5.75 Å².